The van der Waals surface area contributed by atoms with Crippen LogP contribution in [0.3, 0.4) is 0 Å². The Labute approximate surface area is 122 Å². The van der Waals surface area contributed by atoms with E-state index in [9.17, 15) is 18.5 Å². The number of nitrogens with one attached hydrogen (secondary N) is 1. The molecule has 1 N–H and O–H groups in total. The van der Waals surface area contributed by atoms with Crippen LogP contribution in [0.1, 0.15) is 5.82 Å². The van der Waals surface area contributed by atoms with Crippen LogP contribution in [0.5, 0.6) is 0 Å². The summed E-state index contributed by atoms with van der Waals surface area (Å²) in [4.78, 5) is 13.6. The molecule has 106 valence electrons. The van der Waals surface area contributed by atoms with Gasteiger partial charge in [0.15, 0.2) is 0 Å². The van der Waals surface area contributed by atoms with Crippen molar-refractivity contribution in [2.75, 3.05) is 4.72 Å². The number of benzene rings is 1. The first-order valence-corrected chi connectivity index (χ1v) is 7.70. The van der Waals surface area contributed by atoms with Crippen molar-refractivity contribution >= 4 is 44.0 Å². The molecule has 11 heteroatoms. The third kappa shape index (κ3) is 3.03. The molecule has 0 saturated carbocycles. The molecule has 0 amide bonds. The predicted molar refractivity (Wildman–Crippen MR) is 73.6 cm³/mol. The molecule has 1 aromatic heterocycles. The summed E-state index contributed by atoms with van der Waals surface area (Å²) in [5.74, 6) is 0.426. The summed E-state index contributed by atoms with van der Waals surface area (Å²) in [5.41, 5.74) is -0.483. The molecule has 0 radical (unpaired) electrons. The van der Waals surface area contributed by atoms with E-state index in [1.807, 2.05) is 0 Å². The maximum absolute atomic E-state index is 12.1. The fraction of sp³-hybridized carbons (Fsp3) is 0.111. The first-order valence-electron chi connectivity index (χ1n) is 5.06. The fourth-order valence-electron chi connectivity index (χ4n) is 1.31. The molecule has 0 bridgehead atoms. The van der Waals surface area contributed by atoms with E-state index in [0.717, 1.165) is 23.7 Å². The lowest BCUT2D eigenvalue weighted by atomic mass is 10.3. The second-order valence-electron chi connectivity index (χ2n) is 3.62. The molecule has 0 aliphatic carbocycles. The zero-order chi connectivity index (χ0) is 14.9. The van der Waals surface area contributed by atoms with Crippen LogP contribution in [-0.4, -0.2) is 22.7 Å². The van der Waals surface area contributed by atoms with Crippen LogP contribution in [-0.2, 0) is 10.0 Å². The number of halogens is 1. The van der Waals surface area contributed by atoms with Gasteiger partial charge in [-0.2, -0.15) is 4.37 Å². The first-order chi connectivity index (χ1) is 9.29. The van der Waals surface area contributed by atoms with Crippen molar-refractivity contribution in [3.63, 3.8) is 0 Å². The molecule has 0 atom stereocenters. The number of sulfonamides is 1. The van der Waals surface area contributed by atoms with E-state index in [4.69, 9.17) is 11.6 Å². The molecule has 8 nitrogen and oxygen atoms in total. The van der Waals surface area contributed by atoms with Crippen molar-refractivity contribution in [2.24, 2.45) is 0 Å². The molecule has 0 saturated heterocycles. The van der Waals surface area contributed by atoms with Gasteiger partial charge in [0.1, 0.15) is 10.8 Å². The lowest BCUT2D eigenvalue weighted by Crippen LogP contribution is -2.13. The minimum atomic E-state index is -3.98. The maximum atomic E-state index is 12.1. The van der Waals surface area contributed by atoms with Crippen molar-refractivity contribution in [3.05, 3.63) is 39.2 Å². The Kier molecular flexibility index (Phi) is 3.88. The zero-order valence-electron chi connectivity index (χ0n) is 9.90. The van der Waals surface area contributed by atoms with Gasteiger partial charge in [0.25, 0.3) is 15.7 Å². The Morgan fingerprint density at radius 2 is 2.15 bits per heavy atom. The first kappa shape index (κ1) is 14.6. The zero-order valence-corrected chi connectivity index (χ0v) is 12.3. The van der Waals surface area contributed by atoms with Gasteiger partial charge in [-0.15, -0.1) is 0 Å². The number of aryl methyl sites for hydroxylation is 1. The molecule has 20 heavy (non-hydrogen) atoms. The van der Waals surface area contributed by atoms with Crippen LogP contribution in [0, 0.1) is 17.0 Å². The number of hydrogen-bond donors (Lipinski definition) is 1. The fourth-order valence-corrected chi connectivity index (χ4v) is 3.32. The van der Waals surface area contributed by atoms with Crippen molar-refractivity contribution in [1.29, 1.82) is 0 Å². The summed E-state index contributed by atoms with van der Waals surface area (Å²) in [7, 11) is -3.98. The molecule has 0 aliphatic rings. The number of aromatic nitrogens is 2. The van der Waals surface area contributed by atoms with Crippen molar-refractivity contribution in [1.82, 2.24) is 9.36 Å². The lowest BCUT2D eigenvalue weighted by Gasteiger charge is -2.05. The standard InChI is InChI=1S/C9H7ClN4O4S2/c1-5-11-9(19-12-5)13-20(17,18)6-2-3-7(10)8(4-6)14(15)16/h2-4H,1H3,(H,11,12,13). The molecule has 2 rings (SSSR count). The highest BCUT2D eigenvalue weighted by Crippen LogP contribution is 2.28. The van der Waals surface area contributed by atoms with E-state index in [2.05, 4.69) is 14.1 Å². The quantitative estimate of drug-likeness (QED) is 0.677. The van der Waals surface area contributed by atoms with E-state index in [1.54, 1.807) is 6.92 Å². The number of nitrogens with zero attached hydrogens (tertiary/aromatic N) is 3. The van der Waals surface area contributed by atoms with E-state index in [0.29, 0.717) is 5.82 Å². The van der Waals surface area contributed by atoms with E-state index < -0.39 is 20.6 Å². The molecule has 0 spiro atoms. The highest BCUT2D eigenvalue weighted by Gasteiger charge is 2.21. The second-order valence-corrected chi connectivity index (χ2v) is 6.46. The topological polar surface area (TPSA) is 115 Å². The van der Waals surface area contributed by atoms with Crippen LogP contribution < -0.4 is 4.72 Å². The van der Waals surface area contributed by atoms with Gasteiger partial charge in [-0.25, -0.2) is 13.4 Å². The Balaban J connectivity index is 2.39. The summed E-state index contributed by atoms with van der Waals surface area (Å²) >= 11 is 6.50. The van der Waals surface area contributed by atoms with Crippen molar-refractivity contribution in [2.45, 2.75) is 11.8 Å². The number of nitro benzene ring substituents is 1. The van der Waals surface area contributed by atoms with Gasteiger partial charge < -0.3 is 0 Å². The van der Waals surface area contributed by atoms with Gasteiger partial charge in [0, 0.05) is 17.6 Å². The van der Waals surface area contributed by atoms with Gasteiger partial charge >= 0.3 is 0 Å². The van der Waals surface area contributed by atoms with E-state index in [1.165, 1.54) is 6.07 Å². The van der Waals surface area contributed by atoms with Crippen LogP contribution in [0.2, 0.25) is 5.02 Å². The summed E-state index contributed by atoms with van der Waals surface area (Å²) in [6, 6.07) is 3.21. The Hall–Kier alpha value is -1.78. The minimum absolute atomic E-state index is 0.0834. The SMILES string of the molecule is Cc1nsc(NS(=O)(=O)c2ccc(Cl)c([N+](=O)[O-])c2)n1. The molecule has 0 aliphatic heterocycles. The molecular weight excluding hydrogens is 328 g/mol. The van der Waals surface area contributed by atoms with Crippen LogP contribution in [0.25, 0.3) is 0 Å². The van der Waals surface area contributed by atoms with E-state index in [-0.39, 0.29) is 15.0 Å². The summed E-state index contributed by atoms with van der Waals surface area (Å²) in [6.07, 6.45) is 0. The number of hydrogen-bond acceptors (Lipinski definition) is 7. The normalized spacial score (nSPS) is 11.3. The van der Waals surface area contributed by atoms with Crippen LogP contribution in [0.15, 0.2) is 23.1 Å². The smallest absolute Gasteiger partial charge is 0.258 e. The van der Waals surface area contributed by atoms with Gasteiger partial charge in [-0.1, -0.05) is 11.6 Å². The minimum Gasteiger partial charge on any atom is -0.258 e. The Morgan fingerprint density at radius 3 is 2.70 bits per heavy atom. The molecule has 2 aromatic rings. The number of rotatable bonds is 4. The molecule has 1 heterocycles. The molecule has 1 aromatic carbocycles. The van der Waals surface area contributed by atoms with Gasteiger partial charge in [0.05, 0.1) is 9.82 Å². The third-order valence-corrected chi connectivity index (χ3v) is 4.68. The predicted octanol–water partition coefficient (Wildman–Crippen LogP) is 2.21. The second kappa shape index (κ2) is 5.31. The van der Waals surface area contributed by atoms with E-state index >= 15 is 0 Å². The highest BCUT2D eigenvalue weighted by atomic mass is 35.5. The van der Waals surface area contributed by atoms with Gasteiger partial charge in [-0.05, 0) is 19.1 Å². The van der Waals surface area contributed by atoms with Crippen molar-refractivity contribution in [3.8, 4) is 0 Å². The molecule has 0 fully saturated rings. The van der Waals surface area contributed by atoms with Crippen molar-refractivity contribution < 1.29 is 13.3 Å². The average Bonchev–Trinajstić information content (AvgIpc) is 2.73. The third-order valence-electron chi connectivity index (χ3n) is 2.17. The summed E-state index contributed by atoms with van der Waals surface area (Å²) in [6.45, 7) is 1.61. The monoisotopic (exact) mass is 334 g/mol. The Morgan fingerprint density at radius 1 is 1.45 bits per heavy atom. The van der Waals surface area contributed by atoms with Gasteiger partial charge in [0.2, 0.25) is 5.13 Å². The summed E-state index contributed by atoms with van der Waals surface area (Å²) in [5, 5.41) is 10.7. The maximum Gasteiger partial charge on any atom is 0.289 e. The van der Waals surface area contributed by atoms with Crippen LogP contribution >= 0.6 is 23.1 Å². The lowest BCUT2D eigenvalue weighted by molar-refractivity contribution is -0.384. The molecule has 0 unspecified atom stereocenters. The number of anilines is 1. The average molecular weight is 335 g/mol. The highest BCUT2D eigenvalue weighted by molar-refractivity contribution is 7.93. The largest absolute Gasteiger partial charge is 0.289 e. The number of nitro groups is 1. The van der Waals surface area contributed by atoms with Crippen LogP contribution in [0.4, 0.5) is 10.8 Å². The summed E-state index contributed by atoms with van der Waals surface area (Å²) < 4.78 is 30.1. The molecular formula is C9H7ClN4O4S2. The Bertz CT molecular complexity index is 774. The van der Waals surface area contributed by atoms with Gasteiger partial charge in [-0.3, -0.25) is 14.8 Å².